The molecule has 2 aromatic heterocycles. The van der Waals surface area contributed by atoms with E-state index in [1.807, 2.05) is 29.0 Å². The number of benzene rings is 1. The van der Waals surface area contributed by atoms with Crippen LogP contribution in [-0.2, 0) is 27.4 Å². The molecule has 3 aromatic rings. The van der Waals surface area contributed by atoms with Crippen LogP contribution in [0.2, 0.25) is 25.7 Å². The lowest BCUT2D eigenvalue weighted by molar-refractivity contribution is -0.189. The number of hydrogen-bond donors (Lipinski definition) is 3. The number of pyridine rings is 1. The number of carboxylic acid groups (broad SMARTS) is 1. The van der Waals surface area contributed by atoms with Crippen molar-refractivity contribution in [3.05, 3.63) is 51.9 Å². The highest BCUT2D eigenvalue weighted by molar-refractivity contribution is 14.1. The summed E-state index contributed by atoms with van der Waals surface area (Å²) in [5, 5.41) is 23.2. The zero-order valence-corrected chi connectivity index (χ0v) is 26.0. The summed E-state index contributed by atoms with van der Waals surface area (Å²) in [4.78, 5) is 16.3. The van der Waals surface area contributed by atoms with Gasteiger partial charge >= 0.3 is 5.97 Å². The van der Waals surface area contributed by atoms with Gasteiger partial charge in [-0.25, -0.2) is 4.98 Å². The molecule has 2 heterocycles. The zero-order valence-electron chi connectivity index (χ0n) is 22.8. The minimum atomic E-state index is -1.40. The van der Waals surface area contributed by atoms with Gasteiger partial charge in [-0.2, -0.15) is 0 Å². The second-order valence-electron chi connectivity index (χ2n) is 11.4. The molecule has 0 aliphatic heterocycles. The Morgan fingerprint density at radius 1 is 1.18 bits per heavy atom. The maximum atomic E-state index is 11.7. The van der Waals surface area contributed by atoms with E-state index in [-0.39, 0.29) is 6.42 Å². The van der Waals surface area contributed by atoms with Crippen LogP contribution in [0.3, 0.4) is 0 Å². The molecule has 9 nitrogen and oxygen atoms in total. The predicted molar refractivity (Wildman–Crippen MR) is 158 cm³/mol. The van der Waals surface area contributed by atoms with Crippen LogP contribution in [-0.4, -0.2) is 58.5 Å². The number of nitrogens with one attached hydrogen (secondary N) is 1. The van der Waals surface area contributed by atoms with E-state index in [0.717, 1.165) is 32.8 Å². The quantitative estimate of drug-likeness (QED) is 0.0969. The number of aliphatic carboxylic acids is 1. The first kappa shape index (κ1) is 30.5. The average molecular weight is 656 g/mol. The molecular formula is C27H38IN3O6Si. The van der Waals surface area contributed by atoms with Gasteiger partial charge in [-0.1, -0.05) is 31.8 Å². The Labute approximate surface area is 238 Å². The van der Waals surface area contributed by atoms with Gasteiger partial charge < -0.3 is 29.0 Å². The van der Waals surface area contributed by atoms with E-state index >= 15 is 0 Å². The summed E-state index contributed by atoms with van der Waals surface area (Å²) in [5.74, 6) is 0.220. The number of carboxylic acids is 1. The molecule has 0 saturated heterocycles. The predicted octanol–water partition coefficient (Wildman–Crippen LogP) is 5.42. The minimum Gasteiger partial charge on any atom is -0.480 e. The number of ether oxygens (including phenoxy) is 3. The zero-order chi connectivity index (χ0) is 28.1. The first-order valence-electron chi connectivity index (χ1n) is 12.5. The lowest BCUT2D eigenvalue weighted by atomic mass is 10.1. The highest BCUT2D eigenvalue weighted by Crippen LogP contribution is 2.33. The molecule has 208 valence electrons. The van der Waals surface area contributed by atoms with Crippen molar-refractivity contribution in [3.63, 3.8) is 0 Å². The molecule has 1 unspecified atom stereocenters. The summed E-state index contributed by atoms with van der Waals surface area (Å²) < 4.78 is 20.5. The topological polar surface area (TPSA) is 115 Å². The van der Waals surface area contributed by atoms with Crippen LogP contribution in [0.1, 0.15) is 26.3 Å². The van der Waals surface area contributed by atoms with Gasteiger partial charge in [0.1, 0.15) is 29.9 Å². The van der Waals surface area contributed by atoms with E-state index < -0.39 is 32.1 Å². The molecule has 0 aliphatic carbocycles. The number of carbonyl (C=O) groups is 1. The maximum absolute atomic E-state index is 11.7. The number of hydrogen-bond acceptors (Lipinski definition) is 7. The molecule has 0 spiro atoms. The average Bonchev–Trinajstić information content (AvgIpc) is 3.12. The Morgan fingerprint density at radius 2 is 1.87 bits per heavy atom. The third kappa shape index (κ3) is 9.31. The number of aliphatic hydroxyl groups excluding tert-OH is 1. The number of rotatable bonds is 13. The van der Waals surface area contributed by atoms with Crippen molar-refractivity contribution in [1.82, 2.24) is 14.9 Å². The Kier molecular flexibility index (Phi) is 10.3. The maximum Gasteiger partial charge on any atom is 0.321 e. The highest BCUT2D eigenvalue weighted by atomic mass is 127. The Morgan fingerprint density at radius 3 is 2.47 bits per heavy atom. The molecule has 0 bridgehead atoms. The Balaban J connectivity index is 1.68. The first-order chi connectivity index (χ1) is 17.7. The molecule has 0 amide bonds. The smallest absolute Gasteiger partial charge is 0.321 e. The SMILES string of the molecule is CC(C)(C)OC(O)N[C@@H](Cc1ccc(Oc2ccnc3c2c(I)cn3COCC[Si](C)(C)C)cc1)C(=O)O. The Bertz CT molecular complexity index is 1220. The molecule has 0 aliphatic rings. The molecule has 11 heteroatoms. The van der Waals surface area contributed by atoms with Crippen LogP contribution in [0.15, 0.2) is 42.7 Å². The fourth-order valence-corrected chi connectivity index (χ4v) is 5.28. The van der Waals surface area contributed by atoms with Gasteiger partial charge in [0.15, 0.2) is 0 Å². The molecular weight excluding hydrogens is 617 g/mol. The van der Waals surface area contributed by atoms with Crippen molar-refractivity contribution in [2.24, 2.45) is 0 Å². The van der Waals surface area contributed by atoms with Crippen LogP contribution in [0.25, 0.3) is 11.0 Å². The van der Waals surface area contributed by atoms with Gasteiger partial charge in [0, 0.05) is 30.6 Å². The van der Waals surface area contributed by atoms with Crippen molar-refractivity contribution < 1.29 is 29.2 Å². The summed E-state index contributed by atoms with van der Waals surface area (Å²) in [6, 6.07) is 9.13. The standard InChI is InChI=1S/C27H38IN3O6Si/c1-27(2,3)37-26(34)30-21(25(32)33)15-18-7-9-19(10-8-18)36-22-11-12-29-24-23(22)20(28)16-31(24)17-35-13-14-38(4,5)6/h7-12,16,21,26,30,34H,13-15,17H2,1-6H3,(H,32,33)/t21-,26?/m0/s1. The summed E-state index contributed by atoms with van der Waals surface area (Å²) >= 11 is 2.28. The molecule has 2 atom stereocenters. The third-order valence-electron chi connectivity index (χ3n) is 5.60. The van der Waals surface area contributed by atoms with Crippen LogP contribution in [0, 0.1) is 3.57 Å². The van der Waals surface area contributed by atoms with E-state index in [1.54, 1.807) is 39.1 Å². The summed E-state index contributed by atoms with van der Waals surface area (Å²) in [6.45, 7) is 13.5. The highest BCUT2D eigenvalue weighted by Gasteiger charge is 2.24. The van der Waals surface area contributed by atoms with Crippen molar-refractivity contribution in [3.8, 4) is 11.5 Å². The van der Waals surface area contributed by atoms with Crippen molar-refractivity contribution in [2.75, 3.05) is 6.61 Å². The van der Waals surface area contributed by atoms with Gasteiger partial charge in [-0.05, 0) is 79.6 Å². The van der Waals surface area contributed by atoms with Gasteiger partial charge in [-0.3, -0.25) is 10.1 Å². The molecule has 1 aromatic carbocycles. The number of halogens is 1. The fourth-order valence-electron chi connectivity index (χ4n) is 3.68. The normalized spacial score (nSPS) is 14.0. The van der Waals surface area contributed by atoms with Crippen molar-refractivity contribution >= 4 is 47.7 Å². The Hall–Kier alpha value is -2.03. The molecule has 3 rings (SSSR count). The van der Waals surface area contributed by atoms with E-state index in [4.69, 9.17) is 14.2 Å². The second kappa shape index (κ2) is 12.9. The number of nitrogens with zero attached hydrogens (tertiary/aromatic N) is 2. The number of fused-ring (bicyclic) bond motifs is 1. The fraction of sp³-hybridized carbons (Fsp3) is 0.481. The molecule has 0 fully saturated rings. The van der Waals surface area contributed by atoms with E-state index in [2.05, 4.69) is 52.5 Å². The third-order valence-corrected chi connectivity index (χ3v) is 8.12. The van der Waals surface area contributed by atoms with Crippen molar-refractivity contribution in [1.29, 1.82) is 0 Å². The second-order valence-corrected chi connectivity index (χ2v) is 18.2. The minimum absolute atomic E-state index is 0.165. The summed E-state index contributed by atoms with van der Waals surface area (Å²) in [7, 11) is -1.15. The van der Waals surface area contributed by atoms with E-state index in [9.17, 15) is 15.0 Å². The molecule has 38 heavy (non-hydrogen) atoms. The van der Waals surface area contributed by atoms with E-state index in [1.165, 1.54) is 0 Å². The van der Waals surface area contributed by atoms with Crippen LogP contribution in [0.5, 0.6) is 11.5 Å². The van der Waals surface area contributed by atoms with Crippen molar-refractivity contribution in [2.45, 2.75) is 77.7 Å². The molecule has 0 radical (unpaired) electrons. The lowest BCUT2D eigenvalue weighted by Crippen LogP contribution is -2.48. The van der Waals surface area contributed by atoms with Crippen LogP contribution >= 0.6 is 22.6 Å². The summed E-state index contributed by atoms with van der Waals surface area (Å²) in [6.07, 6.45) is 2.50. The van der Waals surface area contributed by atoms with Gasteiger partial charge in [0.05, 0.1) is 11.0 Å². The van der Waals surface area contributed by atoms with Crippen LogP contribution < -0.4 is 10.1 Å². The number of aliphatic hydroxyl groups is 1. The van der Waals surface area contributed by atoms with Gasteiger partial charge in [-0.15, -0.1) is 0 Å². The van der Waals surface area contributed by atoms with Gasteiger partial charge in [0.2, 0.25) is 6.41 Å². The monoisotopic (exact) mass is 655 g/mol. The van der Waals surface area contributed by atoms with Gasteiger partial charge in [0.25, 0.3) is 0 Å². The van der Waals surface area contributed by atoms with E-state index in [0.29, 0.717) is 18.2 Å². The summed E-state index contributed by atoms with van der Waals surface area (Å²) in [5.41, 5.74) is 0.950. The number of aromatic nitrogens is 2. The molecule has 0 saturated carbocycles. The lowest BCUT2D eigenvalue weighted by Gasteiger charge is -2.26. The van der Waals surface area contributed by atoms with Crippen LogP contribution in [0.4, 0.5) is 0 Å². The molecule has 3 N–H and O–H groups in total. The largest absolute Gasteiger partial charge is 0.480 e. The first-order valence-corrected chi connectivity index (χ1v) is 17.3.